The highest BCUT2D eigenvalue weighted by atomic mass is 32.2. The molecule has 2 fully saturated rings. The molecule has 6 heteroatoms. The van der Waals surface area contributed by atoms with Crippen LogP contribution in [0.4, 0.5) is 0 Å². The van der Waals surface area contributed by atoms with Crippen LogP contribution in [0.2, 0.25) is 0 Å². The lowest BCUT2D eigenvalue weighted by molar-refractivity contribution is -0.132. The van der Waals surface area contributed by atoms with Crippen molar-refractivity contribution < 1.29 is 4.79 Å². The predicted molar refractivity (Wildman–Crippen MR) is 104 cm³/mol. The molecule has 1 aromatic rings. The predicted octanol–water partition coefficient (Wildman–Crippen LogP) is 2.49. The molecule has 1 heterocycles. The molecule has 2 aliphatic rings. The third-order valence-corrected chi connectivity index (χ3v) is 6.20. The van der Waals surface area contributed by atoms with E-state index in [0.29, 0.717) is 6.42 Å². The maximum absolute atomic E-state index is 11.6. The number of amides is 1. The van der Waals surface area contributed by atoms with Crippen molar-refractivity contribution >= 4 is 23.6 Å². The first-order valence-corrected chi connectivity index (χ1v) is 9.95. The molecule has 1 saturated heterocycles. The third kappa shape index (κ3) is 5.14. The van der Waals surface area contributed by atoms with Gasteiger partial charge in [-0.3, -0.25) is 9.79 Å². The molecule has 0 aromatic heterocycles. The van der Waals surface area contributed by atoms with Gasteiger partial charge in [-0.05, 0) is 38.3 Å². The fraction of sp³-hybridized carbons (Fsp3) is 0.579. The van der Waals surface area contributed by atoms with Crippen molar-refractivity contribution in [2.24, 2.45) is 4.99 Å². The SMILES string of the molecule is CCNC(=NCC1(Sc2ccccc2)CC1)NC1CCC(=O)N(C)C1. The molecule has 1 aromatic carbocycles. The zero-order chi connectivity index (χ0) is 17.7. The van der Waals surface area contributed by atoms with Gasteiger partial charge in [0.15, 0.2) is 5.96 Å². The molecule has 0 radical (unpaired) electrons. The number of piperidine rings is 1. The molecule has 0 bridgehead atoms. The lowest BCUT2D eigenvalue weighted by atomic mass is 10.1. The monoisotopic (exact) mass is 360 g/mol. The molecule has 1 saturated carbocycles. The first-order chi connectivity index (χ1) is 12.1. The van der Waals surface area contributed by atoms with Gasteiger partial charge in [0, 0.05) is 42.2 Å². The quantitative estimate of drug-likeness (QED) is 0.604. The minimum absolute atomic E-state index is 0.233. The second-order valence-electron chi connectivity index (χ2n) is 6.95. The van der Waals surface area contributed by atoms with Crippen molar-refractivity contribution in [1.29, 1.82) is 0 Å². The summed E-state index contributed by atoms with van der Waals surface area (Å²) in [5, 5.41) is 6.85. The number of thioether (sulfide) groups is 1. The van der Waals surface area contributed by atoms with Gasteiger partial charge >= 0.3 is 0 Å². The molecule has 1 atom stereocenters. The van der Waals surface area contributed by atoms with E-state index < -0.39 is 0 Å². The number of aliphatic imine (C=N–C) groups is 1. The van der Waals surface area contributed by atoms with E-state index in [0.717, 1.165) is 32.0 Å². The van der Waals surface area contributed by atoms with E-state index in [4.69, 9.17) is 4.99 Å². The Kier molecular flexibility index (Phi) is 5.89. The van der Waals surface area contributed by atoms with E-state index in [1.54, 1.807) is 4.90 Å². The maximum atomic E-state index is 11.6. The molecule has 25 heavy (non-hydrogen) atoms. The van der Waals surface area contributed by atoms with E-state index in [2.05, 4.69) is 47.9 Å². The van der Waals surface area contributed by atoms with Crippen molar-refractivity contribution in [3.63, 3.8) is 0 Å². The number of likely N-dealkylation sites (N-methyl/N-ethyl adjacent to an activating group) is 1. The van der Waals surface area contributed by atoms with Crippen LogP contribution in [0, 0.1) is 0 Å². The van der Waals surface area contributed by atoms with Gasteiger partial charge in [-0.2, -0.15) is 0 Å². The second-order valence-corrected chi connectivity index (χ2v) is 8.49. The van der Waals surface area contributed by atoms with E-state index in [9.17, 15) is 4.79 Å². The van der Waals surface area contributed by atoms with Crippen molar-refractivity contribution in [1.82, 2.24) is 15.5 Å². The van der Waals surface area contributed by atoms with Crippen molar-refractivity contribution in [3.05, 3.63) is 30.3 Å². The molecule has 136 valence electrons. The van der Waals surface area contributed by atoms with Crippen molar-refractivity contribution in [3.8, 4) is 0 Å². The van der Waals surface area contributed by atoms with E-state index in [-0.39, 0.29) is 16.7 Å². The molecule has 3 rings (SSSR count). The zero-order valence-corrected chi connectivity index (χ0v) is 15.9. The van der Waals surface area contributed by atoms with Crippen LogP contribution in [0.1, 0.15) is 32.6 Å². The summed E-state index contributed by atoms with van der Waals surface area (Å²) >= 11 is 1.95. The number of carbonyl (C=O) groups is 1. The van der Waals surface area contributed by atoms with Gasteiger partial charge in [0.25, 0.3) is 0 Å². The Labute approximate surface area is 154 Å². The minimum Gasteiger partial charge on any atom is -0.357 e. The Morgan fingerprint density at radius 2 is 2.12 bits per heavy atom. The number of likely N-dealkylation sites (tertiary alicyclic amines) is 1. The number of hydrogen-bond donors (Lipinski definition) is 2. The molecule has 5 nitrogen and oxygen atoms in total. The Bertz CT molecular complexity index is 615. The van der Waals surface area contributed by atoms with Crippen LogP contribution in [0.15, 0.2) is 40.2 Å². The van der Waals surface area contributed by atoms with Crippen LogP contribution < -0.4 is 10.6 Å². The molecule has 1 amide bonds. The van der Waals surface area contributed by atoms with Crippen molar-refractivity contribution in [2.75, 3.05) is 26.7 Å². The summed E-state index contributed by atoms with van der Waals surface area (Å²) in [6.07, 6.45) is 3.92. The fourth-order valence-corrected chi connectivity index (χ4v) is 4.27. The Morgan fingerprint density at radius 1 is 1.36 bits per heavy atom. The fourth-order valence-electron chi connectivity index (χ4n) is 3.04. The Hall–Kier alpha value is -1.69. The first-order valence-electron chi connectivity index (χ1n) is 9.13. The van der Waals surface area contributed by atoms with Gasteiger partial charge in [0.05, 0.1) is 6.54 Å². The van der Waals surface area contributed by atoms with Gasteiger partial charge in [0.2, 0.25) is 5.91 Å². The van der Waals surface area contributed by atoms with Crippen molar-refractivity contribution in [2.45, 2.75) is 48.3 Å². The molecule has 2 N–H and O–H groups in total. The number of nitrogens with one attached hydrogen (secondary N) is 2. The van der Waals surface area contributed by atoms with Crippen LogP contribution in [-0.2, 0) is 4.79 Å². The summed E-state index contributed by atoms with van der Waals surface area (Å²) in [6.45, 7) is 4.49. The van der Waals surface area contributed by atoms with Crippen LogP contribution in [0.3, 0.4) is 0 Å². The topological polar surface area (TPSA) is 56.7 Å². The van der Waals surface area contributed by atoms with Gasteiger partial charge in [-0.15, -0.1) is 11.8 Å². The smallest absolute Gasteiger partial charge is 0.222 e. The van der Waals surface area contributed by atoms with Gasteiger partial charge in [0.1, 0.15) is 0 Å². The highest BCUT2D eigenvalue weighted by Gasteiger charge is 2.43. The van der Waals surface area contributed by atoms with Crippen LogP contribution in [0.5, 0.6) is 0 Å². The van der Waals surface area contributed by atoms with E-state index in [1.807, 2.05) is 18.8 Å². The third-order valence-electron chi connectivity index (χ3n) is 4.72. The number of carbonyl (C=O) groups excluding carboxylic acids is 1. The summed E-state index contributed by atoms with van der Waals surface area (Å²) in [4.78, 5) is 19.6. The molecule has 0 spiro atoms. The molecular weight excluding hydrogens is 332 g/mol. The second kappa shape index (κ2) is 8.13. The van der Waals surface area contributed by atoms with Gasteiger partial charge < -0.3 is 15.5 Å². The highest BCUT2D eigenvalue weighted by Crippen LogP contribution is 2.51. The first kappa shape index (κ1) is 18.1. The average molecular weight is 361 g/mol. The number of benzene rings is 1. The minimum atomic E-state index is 0.233. The zero-order valence-electron chi connectivity index (χ0n) is 15.1. The Balaban J connectivity index is 1.57. The van der Waals surface area contributed by atoms with Gasteiger partial charge in [-0.1, -0.05) is 18.2 Å². The summed E-state index contributed by atoms with van der Waals surface area (Å²) in [7, 11) is 1.87. The average Bonchev–Trinajstić information content (AvgIpc) is 3.37. The van der Waals surface area contributed by atoms with Crippen LogP contribution in [-0.4, -0.2) is 54.2 Å². The number of hydrogen-bond acceptors (Lipinski definition) is 3. The number of nitrogens with zero attached hydrogens (tertiary/aromatic N) is 2. The van der Waals surface area contributed by atoms with Gasteiger partial charge in [-0.25, -0.2) is 0 Å². The maximum Gasteiger partial charge on any atom is 0.222 e. The summed E-state index contributed by atoms with van der Waals surface area (Å²) < 4.78 is 0.253. The molecular formula is C19H28N4OS. The largest absolute Gasteiger partial charge is 0.357 e. The summed E-state index contributed by atoms with van der Waals surface area (Å²) in [5.41, 5.74) is 0. The Morgan fingerprint density at radius 3 is 2.76 bits per heavy atom. The molecule has 1 aliphatic heterocycles. The van der Waals surface area contributed by atoms with E-state index in [1.165, 1.54) is 17.7 Å². The summed E-state index contributed by atoms with van der Waals surface area (Å²) in [5.74, 6) is 1.10. The lowest BCUT2D eigenvalue weighted by Crippen LogP contribution is -2.51. The molecule has 1 unspecified atom stereocenters. The standard InChI is InChI=1S/C19H28N4OS/c1-3-20-18(22-15-9-10-17(24)23(2)13-15)21-14-19(11-12-19)25-16-7-5-4-6-8-16/h4-8,15H,3,9-14H2,1-2H3,(H2,20,21,22). The number of guanidine groups is 1. The summed E-state index contributed by atoms with van der Waals surface area (Å²) in [6, 6.07) is 10.9. The highest BCUT2D eigenvalue weighted by molar-refractivity contribution is 8.01. The van der Waals surface area contributed by atoms with Crippen LogP contribution in [0.25, 0.3) is 0 Å². The molecule has 1 aliphatic carbocycles. The number of rotatable bonds is 6. The van der Waals surface area contributed by atoms with E-state index >= 15 is 0 Å². The normalized spacial score (nSPS) is 22.6. The lowest BCUT2D eigenvalue weighted by Gasteiger charge is -2.31. The van der Waals surface area contributed by atoms with Crippen LogP contribution >= 0.6 is 11.8 Å².